The second-order valence-corrected chi connectivity index (χ2v) is 4.47. The van der Waals surface area contributed by atoms with Crippen molar-refractivity contribution >= 4 is 5.91 Å². The van der Waals surface area contributed by atoms with Gasteiger partial charge in [-0.1, -0.05) is 57.5 Å². The van der Waals surface area contributed by atoms with Gasteiger partial charge >= 0.3 is 0 Å². The van der Waals surface area contributed by atoms with E-state index in [9.17, 15) is 4.79 Å². The molecular formula is C15H23NO. The van der Waals surface area contributed by atoms with E-state index in [1.165, 1.54) is 12.0 Å². The quantitative estimate of drug-likeness (QED) is 0.766. The van der Waals surface area contributed by atoms with Crippen molar-refractivity contribution < 1.29 is 4.79 Å². The predicted molar refractivity (Wildman–Crippen MR) is 72.0 cm³/mol. The highest BCUT2D eigenvalue weighted by Gasteiger charge is 2.30. The van der Waals surface area contributed by atoms with Gasteiger partial charge in [0, 0.05) is 25.4 Å². The Morgan fingerprint density at radius 3 is 2.18 bits per heavy atom. The van der Waals surface area contributed by atoms with Crippen LogP contribution < -0.4 is 0 Å². The first-order valence-electron chi connectivity index (χ1n) is 6.55. The Morgan fingerprint density at radius 1 is 1.18 bits per heavy atom. The molecule has 1 aliphatic rings. The summed E-state index contributed by atoms with van der Waals surface area (Å²) in [6.45, 7) is 7.96. The number of likely N-dealkylation sites (tertiary alicyclic amines) is 1. The molecule has 17 heavy (non-hydrogen) atoms. The lowest BCUT2D eigenvalue weighted by Crippen LogP contribution is -2.48. The third kappa shape index (κ3) is 3.88. The number of amides is 1. The van der Waals surface area contributed by atoms with Crippen molar-refractivity contribution in [1.82, 2.24) is 4.90 Å². The molecule has 2 nitrogen and oxygen atoms in total. The van der Waals surface area contributed by atoms with Gasteiger partial charge in [0.2, 0.25) is 5.91 Å². The van der Waals surface area contributed by atoms with Crippen LogP contribution in [-0.4, -0.2) is 23.9 Å². The topological polar surface area (TPSA) is 20.3 Å². The van der Waals surface area contributed by atoms with Gasteiger partial charge in [-0.15, -0.1) is 0 Å². The molecule has 0 aromatic heterocycles. The van der Waals surface area contributed by atoms with Gasteiger partial charge in [0.25, 0.3) is 0 Å². The highest BCUT2D eigenvalue weighted by atomic mass is 16.2. The Bertz CT molecular complexity index is 328. The summed E-state index contributed by atoms with van der Waals surface area (Å²) < 4.78 is 0. The maximum absolute atomic E-state index is 11.3. The summed E-state index contributed by atoms with van der Waals surface area (Å²) in [5.74, 6) is 0.837. The Hall–Kier alpha value is -1.31. The summed E-state index contributed by atoms with van der Waals surface area (Å²) in [5, 5.41) is 0. The standard InChI is InChI=1S/C12H15NO.C3H8/c1-2-12(14)13-8-11(9-13)10-6-4-3-5-7-10;1-3-2/h3-7,11H,2,8-9H2,1H3;3H2,1-2H3. The molecule has 0 aliphatic carbocycles. The maximum Gasteiger partial charge on any atom is 0.222 e. The molecule has 94 valence electrons. The summed E-state index contributed by atoms with van der Waals surface area (Å²) in [6.07, 6.45) is 1.88. The molecule has 0 spiro atoms. The normalized spacial score (nSPS) is 14.6. The van der Waals surface area contributed by atoms with Crippen molar-refractivity contribution in [3.05, 3.63) is 35.9 Å². The minimum absolute atomic E-state index is 0.275. The SMILES string of the molecule is CCC.CCC(=O)N1CC(c2ccccc2)C1. The fourth-order valence-corrected chi connectivity index (χ4v) is 1.84. The number of carbonyl (C=O) groups is 1. The molecule has 1 fully saturated rings. The monoisotopic (exact) mass is 233 g/mol. The van der Waals surface area contributed by atoms with Crippen molar-refractivity contribution in [2.24, 2.45) is 0 Å². The van der Waals surface area contributed by atoms with Gasteiger partial charge in [-0.3, -0.25) is 4.79 Å². The van der Waals surface area contributed by atoms with Crippen molar-refractivity contribution in [3.63, 3.8) is 0 Å². The van der Waals surface area contributed by atoms with E-state index in [2.05, 4.69) is 38.1 Å². The Labute approximate surface area is 105 Å². The van der Waals surface area contributed by atoms with E-state index in [-0.39, 0.29) is 5.91 Å². The van der Waals surface area contributed by atoms with Crippen LogP contribution in [0.15, 0.2) is 30.3 Å². The van der Waals surface area contributed by atoms with Crippen LogP contribution in [0, 0.1) is 0 Å². The first-order valence-corrected chi connectivity index (χ1v) is 6.55. The average Bonchev–Trinajstić information content (AvgIpc) is 2.29. The fraction of sp³-hybridized carbons (Fsp3) is 0.533. The minimum Gasteiger partial charge on any atom is -0.341 e. The van der Waals surface area contributed by atoms with Crippen LogP contribution in [0.4, 0.5) is 0 Å². The third-order valence-corrected chi connectivity index (χ3v) is 2.81. The summed E-state index contributed by atoms with van der Waals surface area (Å²) in [4.78, 5) is 13.2. The smallest absolute Gasteiger partial charge is 0.222 e. The summed E-state index contributed by atoms with van der Waals surface area (Å²) >= 11 is 0. The van der Waals surface area contributed by atoms with E-state index < -0.39 is 0 Å². The van der Waals surface area contributed by atoms with Crippen molar-refractivity contribution in [2.45, 2.75) is 39.5 Å². The van der Waals surface area contributed by atoms with Gasteiger partial charge in [-0.25, -0.2) is 0 Å². The zero-order chi connectivity index (χ0) is 12.7. The van der Waals surface area contributed by atoms with Crippen molar-refractivity contribution in [1.29, 1.82) is 0 Å². The lowest BCUT2D eigenvalue weighted by molar-refractivity contribution is -0.135. The van der Waals surface area contributed by atoms with E-state index >= 15 is 0 Å². The lowest BCUT2D eigenvalue weighted by Gasteiger charge is -2.39. The number of nitrogens with zero attached hydrogens (tertiary/aromatic N) is 1. The van der Waals surface area contributed by atoms with Gasteiger partial charge in [-0.2, -0.15) is 0 Å². The van der Waals surface area contributed by atoms with E-state index in [1.807, 2.05) is 17.9 Å². The van der Waals surface area contributed by atoms with Crippen LogP contribution in [0.1, 0.15) is 45.1 Å². The van der Waals surface area contributed by atoms with E-state index in [1.54, 1.807) is 0 Å². The summed E-state index contributed by atoms with van der Waals surface area (Å²) in [7, 11) is 0. The number of hydrogen-bond acceptors (Lipinski definition) is 1. The predicted octanol–water partition coefficient (Wildman–Crippen LogP) is 3.44. The number of rotatable bonds is 2. The zero-order valence-electron chi connectivity index (χ0n) is 11.1. The molecule has 0 unspecified atom stereocenters. The number of carbonyl (C=O) groups excluding carboxylic acids is 1. The molecule has 0 atom stereocenters. The van der Waals surface area contributed by atoms with Crippen LogP contribution in [0.25, 0.3) is 0 Å². The van der Waals surface area contributed by atoms with Crippen LogP contribution in [0.5, 0.6) is 0 Å². The Morgan fingerprint density at radius 2 is 1.71 bits per heavy atom. The maximum atomic E-state index is 11.3. The molecule has 0 N–H and O–H groups in total. The van der Waals surface area contributed by atoms with Crippen LogP contribution in [-0.2, 0) is 4.79 Å². The van der Waals surface area contributed by atoms with Crippen molar-refractivity contribution in [3.8, 4) is 0 Å². The molecule has 1 aliphatic heterocycles. The molecule has 1 saturated heterocycles. The van der Waals surface area contributed by atoms with Crippen LogP contribution in [0.2, 0.25) is 0 Å². The molecule has 1 heterocycles. The molecule has 2 heteroatoms. The third-order valence-electron chi connectivity index (χ3n) is 2.81. The highest BCUT2D eigenvalue weighted by Crippen LogP contribution is 2.26. The average molecular weight is 233 g/mol. The van der Waals surface area contributed by atoms with Gasteiger partial charge in [0.1, 0.15) is 0 Å². The fourth-order valence-electron chi connectivity index (χ4n) is 1.84. The second kappa shape index (κ2) is 7.10. The minimum atomic E-state index is 0.275. The van der Waals surface area contributed by atoms with E-state index in [0.29, 0.717) is 12.3 Å². The van der Waals surface area contributed by atoms with E-state index in [4.69, 9.17) is 0 Å². The largest absolute Gasteiger partial charge is 0.341 e. The van der Waals surface area contributed by atoms with Crippen LogP contribution >= 0.6 is 0 Å². The van der Waals surface area contributed by atoms with Crippen LogP contribution in [0.3, 0.4) is 0 Å². The number of benzene rings is 1. The van der Waals surface area contributed by atoms with Gasteiger partial charge in [0.15, 0.2) is 0 Å². The summed E-state index contributed by atoms with van der Waals surface area (Å²) in [5.41, 5.74) is 1.35. The molecule has 0 radical (unpaired) electrons. The van der Waals surface area contributed by atoms with Gasteiger partial charge in [0.05, 0.1) is 0 Å². The molecule has 0 saturated carbocycles. The lowest BCUT2D eigenvalue weighted by atomic mass is 9.91. The molecule has 1 amide bonds. The summed E-state index contributed by atoms with van der Waals surface area (Å²) in [6, 6.07) is 10.4. The number of hydrogen-bond donors (Lipinski definition) is 0. The van der Waals surface area contributed by atoms with Gasteiger partial charge in [-0.05, 0) is 5.56 Å². The van der Waals surface area contributed by atoms with Gasteiger partial charge < -0.3 is 4.90 Å². The van der Waals surface area contributed by atoms with Crippen molar-refractivity contribution in [2.75, 3.05) is 13.1 Å². The Kier molecular flexibility index (Phi) is 5.75. The highest BCUT2D eigenvalue weighted by molar-refractivity contribution is 5.77. The first-order chi connectivity index (χ1) is 8.22. The second-order valence-electron chi connectivity index (χ2n) is 4.47. The molecular weight excluding hydrogens is 210 g/mol. The molecule has 1 aromatic rings. The molecule has 0 bridgehead atoms. The molecule has 1 aromatic carbocycles. The zero-order valence-corrected chi connectivity index (χ0v) is 11.1. The Balaban J connectivity index is 0.000000437. The first kappa shape index (κ1) is 13.8. The molecule has 2 rings (SSSR count). The van der Waals surface area contributed by atoms with E-state index in [0.717, 1.165) is 13.1 Å².